The number of rotatable bonds is 19. The van der Waals surface area contributed by atoms with Gasteiger partial charge < -0.3 is 28.4 Å². The average molecular weight is 730 g/mol. The highest BCUT2D eigenvalue weighted by molar-refractivity contribution is 5.75. The summed E-state index contributed by atoms with van der Waals surface area (Å²) >= 11 is 0. The van der Waals surface area contributed by atoms with E-state index in [-0.39, 0.29) is 25.0 Å². The first-order valence-corrected chi connectivity index (χ1v) is 18.7. The van der Waals surface area contributed by atoms with Crippen LogP contribution in [0.25, 0.3) is 0 Å². The van der Waals surface area contributed by atoms with Crippen LogP contribution in [-0.2, 0) is 59.6 Å². The highest BCUT2D eigenvalue weighted by Crippen LogP contribution is 2.33. The van der Waals surface area contributed by atoms with Gasteiger partial charge >= 0.3 is 5.97 Å². The molecule has 7 atom stereocenters. The van der Waals surface area contributed by atoms with Gasteiger partial charge in [-0.15, -0.1) is 0 Å². The van der Waals surface area contributed by atoms with Crippen molar-refractivity contribution in [2.75, 3.05) is 13.7 Å². The summed E-state index contributed by atoms with van der Waals surface area (Å²) in [6.45, 7) is 3.66. The molecule has 0 unspecified atom stereocenters. The van der Waals surface area contributed by atoms with Gasteiger partial charge in [0.25, 0.3) is 0 Å². The Morgan fingerprint density at radius 1 is 0.574 bits per heavy atom. The highest BCUT2D eigenvalue weighted by atomic mass is 16.6. The van der Waals surface area contributed by atoms with Crippen molar-refractivity contribution in [2.45, 2.75) is 82.4 Å². The van der Waals surface area contributed by atoms with Crippen molar-refractivity contribution < 1.29 is 33.2 Å². The van der Waals surface area contributed by atoms with Crippen molar-refractivity contribution in [2.24, 2.45) is 0 Å². The Morgan fingerprint density at radius 3 is 1.44 bits per heavy atom. The molecule has 1 fully saturated rings. The molecule has 1 aliphatic heterocycles. The summed E-state index contributed by atoms with van der Waals surface area (Å²) in [6.07, 6.45) is -2.68. The van der Waals surface area contributed by atoms with E-state index in [2.05, 4.69) is 5.32 Å². The quantitative estimate of drug-likeness (QED) is 0.0857. The van der Waals surface area contributed by atoms with Crippen molar-refractivity contribution >= 4 is 5.97 Å². The molecule has 282 valence electrons. The molecule has 5 aromatic rings. The Labute approximate surface area is 319 Å². The van der Waals surface area contributed by atoms with Crippen molar-refractivity contribution in [3.05, 3.63) is 179 Å². The largest absolute Gasteiger partial charge is 0.468 e. The molecule has 8 heteroatoms. The Bertz CT molecular complexity index is 1780. The van der Waals surface area contributed by atoms with E-state index in [0.717, 1.165) is 27.8 Å². The van der Waals surface area contributed by atoms with Gasteiger partial charge in [-0.25, -0.2) is 0 Å². The monoisotopic (exact) mass is 729 g/mol. The van der Waals surface area contributed by atoms with E-state index in [1.165, 1.54) is 7.11 Å². The molecule has 0 spiro atoms. The minimum absolute atomic E-state index is 0.139. The summed E-state index contributed by atoms with van der Waals surface area (Å²) in [5.41, 5.74) is 5.16. The zero-order valence-corrected chi connectivity index (χ0v) is 31.1. The van der Waals surface area contributed by atoms with Crippen molar-refractivity contribution in [3.63, 3.8) is 0 Å². The lowest BCUT2D eigenvalue weighted by atomic mass is 9.90. The predicted molar refractivity (Wildman–Crippen MR) is 208 cm³/mol. The Hall–Kier alpha value is -4.67. The second-order valence-corrected chi connectivity index (χ2v) is 13.6. The molecular weight excluding hydrogens is 679 g/mol. The topological polar surface area (TPSA) is 84.5 Å². The molecular formula is C46H51NO7. The zero-order valence-electron chi connectivity index (χ0n) is 31.1. The molecule has 1 saturated heterocycles. The first-order chi connectivity index (χ1) is 26.6. The molecule has 0 aliphatic carbocycles. The highest BCUT2D eigenvalue weighted by Gasteiger charge is 2.49. The summed E-state index contributed by atoms with van der Waals surface area (Å²) in [7, 11) is 1.41. The van der Waals surface area contributed by atoms with Crippen LogP contribution in [0.5, 0.6) is 0 Å². The number of carbonyl (C=O) groups is 1. The molecule has 0 saturated carbocycles. The van der Waals surface area contributed by atoms with E-state index in [4.69, 9.17) is 28.4 Å². The SMILES string of the molecule is COC(=O)[C@H](C[C@H]1O[C@H](COCc2ccccc2)[C@@H](OCc2ccccc2)[C@H](OCc2ccccc2)[C@H]1OCc1ccccc1)N[C@@H](C)c1ccccc1. The fourth-order valence-electron chi connectivity index (χ4n) is 6.82. The number of benzene rings is 5. The van der Waals surface area contributed by atoms with Crippen LogP contribution in [0.2, 0.25) is 0 Å². The van der Waals surface area contributed by atoms with Crippen LogP contribution in [0, 0.1) is 0 Å². The van der Waals surface area contributed by atoms with E-state index >= 15 is 0 Å². The van der Waals surface area contributed by atoms with Crippen LogP contribution in [0.4, 0.5) is 0 Å². The van der Waals surface area contributed by atoms with Crippen LogP contribution in [0.3, 0.4) is 0 Å². The van der Waals surface area contributed by atoms with E-state index < -0.39 is 36.6 Å². The Morgan fingerprint density at radius 2 is 0.981 bits per heavy atom. The van der Waals surface area contributed by atoms with Crippen LogP contribution in [0.15, 0.2) is 152 Å². The first kappa shape index (κ1) is 39.0. The lowest BCUT2D eigenvalue weighted by Crippen LogP contribution is -2.62. The maximum absolute atomic E-state index is 13.5. The van der Waals surface area contributed by atoms with Gasteiger partial charge in [-0.3, -0.25) is 10.1 Å². The number of esters is 1. The van der Waals surface area contributed by atoms with Gasteiger partial charge in [-0.1, -0.05) is 152 Å². The van der Waals surface area contributed by atoms with Gasteiger partial charge in [0.15, 0.2) is 0 Å². The summed E-state index contributed by atoms with van der Waals surface area (Å²) in [6, 6.07) is 49.4. The molecule has 6 rings (SSSR count). The molecule has 1 N–H and O–H groups in total. The third-order valence-electron chi connectivity index (χ3n) is 9.68. The number of nitrogens with one attached hydrogen (secondary N) is 1. The van der Waals surface area contributed by atoms with Gasteiger partial charge in [-0.2, -0.15) is 0 Å². The van der Waals surface area contributed by atoms with Gasteiger partial charge in [0.1, 0.15) is 30.5 Å². The number of methoxy groups -OCH3 is 1. The van der Waals surface area contributed by atoms with E-state index in [0.29, 0.717) is 26.4 Å². The predicted octanol–water partition coefficient (Wildman–Crippen LogP) is 8.01. The molecule has 54 heavy (non-hydrogen) atoms. The molecule has 1 heterocycles. The lowest BCUT2D eigenvalue weighted by molar-refractivity contribution is -0.274. The molecule has 0 amide bonds. The molecule has 0 radical (unpaired) electrons. The van der Waals surface area contributed by atoms with E-state index in [9.17, 15) is 4.79 Å². The molecule has 0 bridgehead atoms. The van der Waals surface area contributed by atoms with E-state index in [1.807, 2.05) is 159 Å². The fourth-order valence-corrected chi connectivity index (χ4v) is 6.82. The summed E-state index contributed by atoms with van der Waals surface area (Å²) < 4.78 is 39.3. The normalized spacial score (nSPS) is 20.9. The van der Waals surface area contributed by atoms with E-state index in [1.54, 1.807) is 0 Å². The summed E-state index contributed by atoms with van der Waals surface area (Å²) in [5.74, 6) is -0.385. The molecule has 0 aromatic heterocycles. The summed E-state index contributed by atoms with van der Waals surface area (Å²) in [4.78, 5) is 13.5. The van der Waals surface area contributed by atoms with Crippen LogP contribution < -0.4 is 5.32 Å². The minimum Gasteiger partial charge on any atom is -0.468 e. The smallest absolute Gasteiger partial charge is 0.322 e. The molecule has 8 nitrogen and oxygen atoms in total. The standard InChI is InChI=1S/C46H51NO7/c1-34(39-26-16-7-17-27-39)47-40(46(48)49-2)28-41-43(51-30-36-20-10-4-11-21-36)45(53-32-38-24-14-6-15-25-38)44(52-31-37-22-12-5-13-23-37)42(54-41)33-50-29-35-18-8-3-9-19-35/h3-27,34,40-45,47H,28-33H2,1-2H3/t34-,40-,41+,42+,43-,44+,45+/m0/s1. The van der Waals surface area contributed by atoms with Crippen LogP contribution in [0.1, 0.15) is 47.2 Å². The Kier molecular flexibility index (Phi) is 15.0. The van der Waals surface area contributed by atoms with Gasteiger partial charge in [0, 0.05) is 12.5 Å². The van der Waals surface area contributed by atoms with Gasteiger partial charge in [-0.05, 0) is 34.7 Å². The lowest BCUT2D eigenvalue weighted by Gasteiger charge is -2.47. The number of ether oxygens (including phenoxy) is 6. The maximum Gasteiger partial charge on any atom is 0.322 e. The minimum atomic E-state index is -0.708. The third-order valence-corrected chi connectivity index (χ3v) is 9.68. The second kappa shape index (κ2) is 20.7. The maximum atomic E-state index is 13.5. The van der Waals surface area contributed by atoms with Gasteiger partial charge in [0.2, 0.25) is 0 Å². The fraction of sp³-hybridized carbons (Fsp3) is 0.326. The molecule has 5 aromatic carbocycles. The first-order valence-electron chi connectivity index (χ1n) is 18.7. The Balaban J connectivity index is 1.34. The summed E-state index contributed by atoms with van der Waals surface area (Å²) in [5, 5.41) is 3.52. The zero-order chi connectivity index (χ0) is 37.4. The number of hydrogen-bond donors (Lipinski definition) is 1. The number of hydrogen-bond acceptors (Lipinski definition) is 8. The number of carbonyl (C=O) groups excluding carboxylic acids is 1. The molecule has 1 aliphatic rings. The second-order valence-electron chi connectivity index (χ2n) is 13.6. The van der Waals surface area contributed by atoms with Crippen LogP contribution in [-0.4, -0.2) is 56.2 Å². The average Bonchev–Trinajstić information content (AvgIpc) is 3.23. The third kappa shape index (κ3) is 11.4. The van der Waals surface area contributed by atoms with Crippen molar-refractivity contribution in [1.82, 2.24) is 5.32 Å². The van der Waals surface area contributed by atoms with Crippen molar-refractivity contribution in [3.8, 4) is 0 Å². The van der Waals surface area contributed by atoms with Crippen molar-refractivity contribution in [1.29, 1.82) is 0 Å². The van der Waals surface area contributed by atoms with Crippen LogP contribution >= 0.6 is 0 Å². The van der Waals surface area contributed by atoms with Gasteiger partial charge in [0.05, 0.1) is 46.2 Å².